The van der Waals surface area contributed by atoms with E-state index in [0.29, 0.717) is 16.9 Å². The molecule has 1 atom stereocenters. The SMILES string of the molecule is CN1CCC(CN(C)C(=O)c2cc(Br)ccc2F)C1. The van der Waals surface area contributed by atoms with Crippen molar-refractivity contribution in [3.63, 3.8) is 0 Å². The van der Waals surface area contributed by atoms with Gasteiger partial charge in [-0.15, -0.1) is 0 Å². The van der Waals surface area contributed by atoms with Crippen LogP contribution >= 0.6 is 15.9 Å². The maximum absolute atomic E-state index is 13.7. The summed E-state index contributed by atoms with van der Waals surface area (Å²) in [6.07, 6.45) is 1.09. The fourth-order valence-corrected chi connectivity index (χ4v) is 2.87. The minimum absolute atomic E-state index is 0.128. The molecule has 1 fully saturated rings. The molecule has 1 aliphatic rings. The average Bonchev–Trinajstić information content (AvgIpc) is 2.77. The molecule has 0 radical (unpaired) electrons. The van der Waals surface area contributed by atoms with Crippen LogP contribution < -0.4 is 0 Å². The van der Waals surface area contributed by atoms with Gasteiger partial charge >= 0.3 is 0 Å². The molecule has 2 rings (SSSR count). The maximum atomic E-state index is 13.7. The van der Waals surface area contributed by atoms with E-state index in [9.17, 15) is 9.18 Å². The summed E-state index contributed by atoms with van der Waals surface area (Å²) in [5.74, 6) is -0.244. The van der Waals surface area contributed by atoms with Gasteiger partial charge in [0.25, 0.3) is 5.91 Å². The molecule has 0 saturated carbocycles. The van der Waals surface area contributed by atoms with Gasteiger partial charge in [0.1, 0.15) is 5.82 Å². The van der Waals surface area contributed by atoms with Crippen LogP contribution in [0.1, 0.15) is 16.8 Å². The molecule has 0 aliphatic carbocycles. The number of halogens is 2. The molecule has 0 N–H and O–H groups in total. The monoisotopic (exact) mass is 328 g/mol. The van der Waals surface area contributed by atoms with Crippen molar-refractivity contribution >= 4 is 21.8 Å². The second kappa shape index (κ2) is 6.01. The lowest BCUT2D eigenvalue weighted by Crippen LogP contribution is -2.33. The Kier molecular flexibility index (Phi) is 4.58. The van der Waals surface area contributed by atoms with Gasteiger partial charge in [0.2, 0.25) is 0 Å². The number of carbonyl (C=O) groups excluding carboxylic acids is 1. The Balaban J connectivity index is 2.04. The van der Waals surface area contributed by atoms with Gasteiger partial charge in [0.05, 0.1) is 5.56 Å². The zero-order valence-corrected chi connectivity index (χ0v) is 12.8. The zero-order chi connectivity index (χ0) is 14.0. The van der Waals surface area contributed by atoms with E-state index in [4.69, 9.17) is 0 Å². The van der Waals surface area contributed by atoms with Gasteiger partial charge in [0, 0.05) is 24.6 Å². The minimum atomic E-state index is -0.469. The Bertz CT molecular complexity index is 481. The predicted molar refractivity (Wildman–Crippen MR) is 76.7 cm³/mol. The first-order valence-corrected chi connectivity index (χ1v) is 7.15. The lowest BCUT2D eigenvalue weighted by Gasteiger charge is -2.21. The largest absolute Gasteiger partial charge is 0.341 e. The smallest absolute Gasteiger partial charge is 0.256 e. The molecular formula is C14H18BrFN2O. The molecule has 1 unspecified atom stereocenters. The standard InChI is InChI=1S/C14H18BrFN2O/c1-17-6-5-10(8-17)9-18(2)14(19)12-7-11(15)3-4-13(12)16/h3-4,7,10H,5-6,8-9H2,1-2H3. The Morgan fingerprint density at radius 3 is 2.95 bits per heavy atom. The average molecular weight is 329 g/mol. The quantitative estimate of drug-likeness (QED) is 0.851. The number of likely N-dealkylation sites (tertiary alicyclic amines) is 1. The lowest BCUT2D eigenvalue weighted by molar-refractivity contribution is 0.0769. The number of hydrogen-bond donors (Lipinski definition) is 0. The van der Waals surface area contributed by atoms with E-state index >= 15 is 0 Å². The molecule has 1 heterocycles. The number of hydrogen-bond acceptors (Lipinski definition) is 2. The van der Waals surface area contributed by atoms with Crippen molar-refractivity contribution in [3.8, 4) is 0 Å². The van der Waals surface area contributed by atoms with Crippen LogP contribution in [0, 0.1) is 11.7 Å². The van der Waals surface area contributed by atoms with Crippen LogP contribution in [0.15, 0.2) is 22.7 Å². The van der Waals surface area contributed by atoms with E-state index in [1.54, 1.807) is 18.0 Å². The molecule has 1 aromatic rings. The van der Waals surface area contributed by atoms with Gasteiger partial charge in [-0.3, -0.25) is 4.79 Å². The van der Waals surface area contributed by atoms with E-state index in [1.807, 2.05) is 0 Å². The molecule has 1 aromatic carbocycles. The number of benzene rings is 1. The highest BCUT2D eigenvalue weighted by molar-refractivity contribution is 9.10. The van der Waals surface area contributed by atoms with Crippen LogP contribution in [0.4, 0.5) is 4.39 Å². The van der Waals surface area contributed by atoms with Crippen molar-refractivity contribution in [2.24, 2.45) is 5.92 Å². The summed E-state index contributed by atoms with van der Waals surface area (Å²) in [6, 6.07) is 4.45. The summed E-state index contributed by atoms with van der Waals surface area (Å²) in [7, 11) is 3.82. The van der Waals surface area contributed by atoms with Crippen molar-refractivity contribution in [1.82, 2.24) is 9.80 Å². The molecule has 0 spiro atoms. The third-order valence-electron chi connectivity index (χ3n) is 3.53. The molecule has 1 saturated heterocycles. The van der Waals surface area contributed by atoms with Crippen LogP contribution in [0.2, 0.25) is 0 Å². The van der Waals surface area contributed by atoms with Gasteiger partial charge in [-0.1, -0.05) is 15.9 Å². The van der Waals surface area contributed by atoms with Gasteiger partial charge in [0.15, 0.2) is 0 Å². The number of rotatable bonds is 3. The van der Waals surface area contributed by atoms with Gasteiger partial charge in [-0.2, -0.15) is 0 Å². The molecule has 1 amide bonds. The second-order valence-electron chi connectivity index (χ2n) is 5.23. The highest BCUT2D eigenvalue weighted by atomic mass is 79.9. The fourth-order valence-electron chi connectivity index (χ4n) is 2.51. The normalized spacial score (nSPS) is 19.7. The van der Waals surface area contributed by atoms with Crippen molar-refractivity contribution in [1.29, 1.82) is 0 Å². The topological polar surface area (TPSA) is 23.6 Å². The molecule has 0 aromatic heterocycles. The van der Waals surface area contributed by atoms with Crippen molar-refractivity contribution < 1.29 is 9.18 Å². The highest BCUT2D eigenvalue weighted by Crippen LogP contribution is 2.19. The van der Waals surface area contributed by atoms with Crippen LogP contribution in [0.3, 0.4) is 0 Å². The Labute approximate surface area is 121 Å². The molecule has 0 bridgehead atoms. The Morgan fingerprint density at radius 2 is 2.32 bits per heavy atom. The predicted octanol–water partition coefficient (Wildman–Crippen LogP) is 2.61. The molecule has 104 valence electrons. The molecule has 5 heteroatoms. The van der Waals surface area contributed by atoms with E-state index in [2.05, 4.69) is 27.9 Å². The minimum Gasteiger partial charge on any atom is -0.341 e. The zero-order valence-electron chi connectivity index (χ0n) is 11.2. The van der Waals surface area contributed by atoms with Crippen molar-refractivity contribution in [2.75, 3.05) is 33.7 Å². The van der Waals surface area contributed by atoms with Crippen LogP contribution in [-0.4, -0.2) is 49.4 Å². The second-order valence-corrected chi connectivity index (χ2v) is 6.14. The molecule has 3 nitrogen and oxygen atoms in total. The first-order valence-electron chi connectivity index (χ1n) is 6.36. The van der Waals surface area contributed by atoms with Gasteiger partial charge < -0.3 is 9.80 Å². The highest BCUT2D eigenvalue weighted by Gasteiger charge is 2.24. The number of amides is 1. The van der Waals surface area contributed by atoms with Crippen LogP contribution in [-0.2, 0) is 0 Å². The summed E-state index contributed by atoms with van der Waals surface area (Å²) in [4.78, 5) is 16.1. The first-order chi connectivity index (χ1) is 8.97. The van der Waals surface area contributed by atoms with E-state index < -0.39 is 5.82 Å². The van der Waals surface area contributed by atoms with E-state index in [-0.39, 0.29) is 11.5 Å². The van der Waals surface area contributed by atoms with Gasteiger partial charge in [-0.25, -0.2) is 4.39 Å². The van der Waals surface area contributed by atoms with Crippen molar-refractivity contribution in [2.45, 2.75) is 6.42 Å². The third kappa shape index (κ3) is 3.54. The van der Waals surface area contributed by atoms with Gasteiger partial charge in [-0.05, 0) is 44.1 Å². The summed E-state index contributed by atoms with van der Waals surface area (Å²) >= 11 is 3.27. The third-order valence-corrected chi connectivity index (χ3v) is 4.02. The number of carbonyl (C=O) groups is 1. The summed E-state index contributed by atoms with van der Waals surface area (Å²) in [5.41, 5.74) is 0.128. The lowest BCUT2D eigenvalue weighted by atomic mass is 10.1. The fraction of sp³-hybridized carbons (Fsp3) is 0.500. The van der Waals surface area contributed by atoms with Crippen LogP contribution in [0.25, 0.3) is 0 Å². The van der Waals surface area contributed by atoms with E-state index in [1.165, 1.54) is 12.1 Å². The molecular weight excluding hydrogens is 311 g/mol. The molecule has 19 heavy (non-hydrogen) atoms. The summed E-state index contributed by atoms with van der Waals surface area (Å²) in [5, 5.41) is 0. The number of nitrogens with zero attached hydrogens (tertiary/aromatic N) is 2. The molecule has 1 aliphatic heterocycles. The van der Waals surface area contributed by atoms with E-state index in [0.717, 1.165) is 19.5 Å². The Hall–Kier alpha value is -0.940. The summed E-state index contributed by atoms with van der Waals surface area (Å²) in [6.45, 7) is 2.74. The van der Waals surface area contributed by atoms with Crippen LogP contribution in [0.5, 0.6) is 0 Å². The first kappa shape index (κ1) is 14.5. The summed E-state index contributed by atoms with van der Waals surface area (Å²) < 4.78 is 14.4. The van der Waals surface area contributed by atoms with Crippen molar-refractivity contribution in [3.05, 3.63) is 34.1 Å². The Morgan fingerprint density at radius 1 is 1.58 bits per heavy atom. The maximum Gasteiger partial charge on any atom is 0.256 e.